The Balaban J connectivity index is 2.06. The van der Waals surface area contributed by atoms with Crippen LogP contribution in [0.4, 0.5) is 0 Å². The highest BCUT2D eigenvalue weighted by atomic mass is 32.2. The van der Waals surface area contributed by atoms with Gasteiger partial charge in [0.1, 0.15) is 0 Å². The molecule has 1 heterocycles. The molecule has 2 aromatic rings. The number of hydrogen-bond acceptors (Lipinski definition) is 6. The number of rotatable bonds is 5. The number of thioether (sulfide) groups is 1. The van der Waals surface area contributed by atoms with Gasteiger partial charge in [0.05, 0.1) is 6.61 Å². The number of benzene rings is 1. The maximum absolute atomic E-state index is 11.5. The van der Waals surface area contributed by atoms with Gasteiger partial charge in [-0.3, -0.25) is 0 Å². The molecule has 1 aromatic heterocycles. The smallest absolute Gasteiger partial charge is 0.396 e. The van der Waals surface area contributed by atoms with Gasteiger partial charge in [-0.15, -0.1) is 5.10 Å². The summed E-state index contributed by atoms with van der Waals surface area (Å²) in [6.07, 6.45) is 0. The van der Waals surface area contributed by atoms with Crippen LogP contribution in [-0.2, 0) is 10.5 Å². The lowest BCUT2D eigenvalue weighted by atomic mass is 10.0. The third-order valence-corrected chi connectivity index (χ3v) is 3.88. The molecule has 0 radical (unpaired) electrons. The zero-order valence-electron chi connectivity index (χ0n) is 12.6. The van der Waals surface area contributed by atoms with Crippen molar-refractivity contribution in [3.05, 3.63) is 40.3 Å². The van der Waals surface area contributed by atoms with E-state index in [1.807, 2.05) is 0 Å². The Hall–Kier alpha value is -1.82. The molecule has 112 valence electrons. The standard InChI is InChI=1S/C15H18N2O3S/c1-5-19-14(18)13-16-17-15(20-13)21-8-12-10(3)6-9(2)7-11(12)4/h6-7H,5,8H2,1-4H3. The minimum atomic E-state index is -0.584. The lowest BCUT2D eigenvalue weighted by Gasteiger charge is -2.09. The predicted molar refractivity (Wildman–Crippen MR) is 80.5 cm³/mol. The normalized spacial score (nSPS) is 10.7. The van der Waals surface area contributed by atoms with E-state index < -0.39 is 5.97 Å². The lowest BCUT2D eigenvalue weighted by molar-refractivity contribution is 0.0475. The molecule has 0 saturated carbocycles. The van der Waals surface area contributed by atoms with Gasteiger partial charge in [-0.1, -0.05) is 34.6 Å². The fourth-order valence-electron chi connectivity index (χ4n) is 2.11. The first kappa shape index (κ1) is 15.6. The van der Waals surface area contributed by atoms with Crippen molar-refractivity contribution < 1.29 is 13.9 Å². The zero-order chi connectivity index (χ0) is 15.4. The van der Waals surface area contributed by atoms with E-state index in [0.717, 1.165) is 5.75 Å². The van der Waals surface area contributed by atoms with Crippen LogP contribution < -0.4 is 0 Å². The van der Waals surface area contributed by atoms with Crippen molar-refractivity contribution in [1.29, 1.82) is 0 Å². The van der Waals surface area contributed by atoms with E-state index in [1.165, 1.54) is 34.0 Å². The zero-order valence-corrected chi connectivity index (χ0v) is 13.4. The summed E-state index contributed by atoms with van der Waals surface area (Å²) in [5.74, 6) is 0.0406. The number of aromatic nitrogens is 2. The van der Waals surface area contributed by atoms with Crippen molar-refractivity contribution in [2.75, 3.05) is 6.61 Å². The molecular formula is C15H18N2O3S. The van der Waals surface area contributed by atoms with Gasteiger partial charge in [0.2, 0.25) is 0 Å². The molecule has 2 rings (SSSR count). The highest BCUT2D eigenvalue weighted by Crippen LogP contribution is 2.26. The second-order valence-corrected chi connectivity index (χ2v) is 5.69. The molecule has 0 aliphatic heterocycles. The number of esters is 1. The van der Waals surface area contributed by atoms with Crippen LogP contribution in [0, 0.1) is 20.8 Å². The molecule has 6 heteroatoms. The van der Waals surface area contributed by atoms with Crippen LogP contribution in [0.5, 0.6) is 0 Å². The fraction of sp³-hybridized carbons (Fsp3) is 0.400. The van der Waals surface area contributed by atoms with Crippen LogP contribution in [0.3, 0.4) is 0 Å². The van der Waals surface area contributed by atoms with Gasteiger partial charge in [0.15, 0.2) is 0 Å². The number of aryl methyl sites for hydroxylation is 3. The van der Waals surface area contributed by atoms with E-state index in [9.17, 15) is 4.79 Å². The average Bonchev–Trinajstić information content (AvgIpc) is 2.86. The summed E-state index contributed by atoms with van der Waals surface area (Å²) in [6, 6.07) is 4.31. The maximum Gasteiger partial charge on any atom is 0.396 e. The Morgan fingerprint density at radius 3 is 2.52 bits per heavy atom. The van der Waals surface area contributed by atoms with Crippen LogP contribution in [0.2, 0.25) is 0 Å². The average molecular weight is 306 g/mol. The van der Waals surface area contributed by atoms with Gasteiger partial charge >= 0.3 is 11.9 Å². The number of hydrogen-bond donors (Lipinski definition) is 0. The maximum atomic E-state index is 11.5. The van der Waals surface area contributed by atoms with Gasteiger partial charge in [0.25, 0.3) is 5.22 Å². The Morgan fingerprint density at radius 2 is 1.90 bits per heavy atom. The largest absolute Gasteiger partial charge is 0.459 e. The molecule has 1 aromatic carbocycles. The van der Waals surface area contributed by atoms with E-state index in [1.54, 1.807) is 6.92 Å². The highest BCUT2D eigenvalue weighted by Gasteiger charge is 2.16. The third-order valence-electron chi connectivity index (χ3n) is 3.04. The molecule has 0 saturated heterocycles. The van der Waals surface area contributed by atoms with Gasteiger partial charge in [-0.2, -0.15) is 0 Å². The molecule has 0 N–H and O–H groups in total. The van der Waals surface area contributed by atoms with Crippen molar-refractivity contribution in [3.63, 3.8) is 0 Å². The van der Waals surface area contributed by atoms with E-state index in [-0.39, 0.29) is 12.5 Å². The molecule has 0 spiro atoms. The fourth-order valence-corrected chi connectivity index (χ4v) is 3.07. The number of carbonyl (C=O) groups excluding carboxylic acids is 1. The van der Waals surface area contributed by atoms with E-state index in [4.69, 9.17) is 9.15 Å². The first-order valence-corrected chi connectivity index (χ1v) is 7.70. The van der Waals surface area contributed by atoms with E-state index in [0.29, 0.717) is 5.22 Å². The van der Waals surface area contributed by atoms with Crippen LogP contribution in [0.15, 0.2) is 21.8 Å². The predicted octanol–water partition coefficient (Wildman–Crippen LogP) is 3.46. The van der Waals surface area contributed by atoms with Crippen molar-refractivity contribution in [2.24, 2.45) is 0 Å². The minimum Gasteiger partial charge on any atom is -0.459 e. The van der Waals surface area contributed by atoms with Crippen LogP contribution >= 0.6 is 11.8 Å². The monoisotopic (exact) mass is 306 g/mol. The summed E-state index contributed by atoms with van der Waals surface area (Å²) in [5.41, 5.74) is 4.98. The van der Waals surface area contributed by atoms with Gasteiger partial charge in [0, 0.05) is 5.75 Å². The highest BCUT2D eigenvalue weighted by molar-refractivity contribution is 7.98. The summed E-state index contributed by atoms with van der Waals surface area (Å²) >= 11 is 1.42. The summed E-state index contributed by atoms with van der Waals surface area (Å²) in [4.78, 5) is 11.5. The summed E-state index contributed by atoms with van der Waals surface area (Å²) in [6.45, 7) is 8.28. The second kappa shape index (κ2) is 6.76. The Morgan fingerprint density at radius 1 is 1.24 bits per heavy atom. The third kappa shape index (κ3) is 3.85. The SMILES string of the molecule is CCOC(=O)c1nnc(SCc2c(C)cc(C)cc2C)o1. The Labute approximate surface area is 128 Å². The first-order valence-electron chi connectivity index (χ1n) is 6.71. The van der Waals surface area contributed by atoms with Gasteiger partial charge in [-0.25, -0.2) is 4.79 Å². The molecule has 0 amide bonds. The van der Waals surface area contributed by atoms with Crippen molar-refractivity contribution in [2.45, 2.75) is 38.7 Å². The molecule has 21 heavy (non-hydrogen) atoms. The Kier molecular flexibility index (Phi) is 5.01. The van der Waals surface area contributed by atoms with Crippen molar-refractivity contribution >= 4 is 17.7 Å². The molecule has 5 nitrogen and oxygen atoms in total. The first-order chi connectivity index (χ1) is 10.0. The number of nitrogens with zero attached hydrogens (tertiary/aromatic N) is 2. The molecule has 0 bridgehead atoms. The number of ether oxygens (including phenoxy) is 1. The van der Waals surface area contributed by atoms with E-state index in [2.05, 4.69) is 43.1 Å². The summed E-state index contributed by atoms with van der Waals surface area (Å²) < 4.78 is 10.1. The van der Waals surface area contributed by atoms with Crippen molar-refractivity contribution in [3.8, 4) is 0 Å². The second-order valence-electron chi connectivity index (χ2n) is 4.76. The summed E-state index contributed by atoms with van der Waals surface area (Å²) in [5, 5.41) is 7.92. The molecule has 0 aliphatic rings. The Bertz CT molecular complexity index is 629. The van der Waals surface area contributed by atoms with Crippen LogP contribution in [0.1, 0.15) is 39.9 Å². The van der Waals surface area contributed by atoms with Crippen LogP contribution in [0.25, 0.3) is 0 Å². The topological polar surface area (TPSA) is 65.2 Å². The van der Waals surface area contributed by atoms with E-state index >= 15 is 0 Å². The van der Waals surface area contributed by atoms with Crippen LogP contribution in [-0.4, -0.2) is 22.8 Å². The number of carbonyl (C=O) groups is 1. The molecule has 0 aliphatic carbocycles. The van der Waals surface area contributed by atoms with Gasteiger partial charge in [-0.05, 0) is 44.4 Å². The lowest BCUT2D eigenvalue weighted by Crippen LogP contribution is -2.04. The summed E-state index contributed by atoms with van der Waals surface area (Å²) in [7, 11) is 0. The molecule has 0 fully saturated rings. The molecule has 0 atom stereocenters. The quantitative estimate of drug-likeness (QED) is 0.622. The minimum absolute atomic E-state index is 0.100. The molecular weight excluding hydrogens is 288 g/mol. The molecule has 0 unspecified atom stereocenters. The van der Waals surface area contributed by atoms with Gasteiger partial charge < -0.3 is 9.15 Å². The van der Waals surface area contributed by atoms with Crippen molar-refractivity contribution in [1.82, 2.24) is 10.2 Å².